The number of aryl methyl sites for hydroxylation is 1. The number of amides is 1. The first-order chi connectivity index (χ1) is 11.8. The van der Waals surface area contributed by atoms with Gasteiger partial charge in [0.15, 0.2) is 0 Å². The fraction of sp³-hybridized carbons (Fsp3) is 0.167. The van der Waals surface area contributed by atoms with Gasteiger partial charge in [-0.25, -0.2) is 5.48 Å². The lowest BCUT2D eigenvalue weighted by Crippen LogP contribution is -2.34. The third-order valence-corrected chi connectivity index (χ3v) is 4.06. The third kappa shape index (κ3) is 3.15. The van der Waals surface area contributed by atoms with E-state index < -0.39 is 17.9 Å². The number of benzene rings is 2. The van der Waals surface area contributed by atoms with E-state index in [1.165, 1.54) is 35.8 Å². The van der Waals surface area contributed by atoms with Gasteiger partial charge in [0.1, 0.15) is 28.6 Å². The van der Waals surface area contributed by atoms with Gasteiger partial charge >= 0.3 is 0 Å². The highest BCUT2D eigenvalue weighted by Crippen LogP contribution is 2.43. The Morgan fingerprint density at radius 1 is 1.20 bits per heavy atom. The van der Waals surface area contributed by atoms with Crippen molar-refractivity contribution in [1.29, 1.82) is 0 Å². The van der Waals surface area contributed by atoms with Crippen molar-refractivity contribution in [2.45, 2.75) is 18.9 Å². The van der Waals surface area contributed by atoms with Crippen LogP contribution >= 0.6 is 0 Å². The van der Waals surface area contributed by atoms with Crippen LogP contribution in [-0.4, -0.2) is 26.4 Å². The van der Waals surface area contributed by atoms with Crippen LogP contribution in [0.4, 0.5) is 0 Å². The Hall–Kier alpha value is -3.03. The second-order valence-corrected chi connectivity index (χ2v) is 5.93. The van der Waals surface area contributed by atoms with Crippen LogP contribution in [0.15, 0.2) is 42.5 Å². The summed E-state index contributed by atoms with van der Waals surface area (Å²) in [6.07, 6.45) is 0.929. The highest BCUT2D eigenvalue weighted by atomic mass is 16.5. The Morgan fingerprint density at radius 2 is 1.96 bits per heavy atom. The summed E-state index contributed by atoms with van der Waals surface area (Å²) in [6, 6.07) is 8.91. The molecule has 5 N–H and O–H groups in total. The highest BCUT2D eigenvalue weighted by molar-refractivity contribution is 5.79. The lowest BCUT2D eigenvalue weighted by Gasteiger charge is -2.32. The van der Waals surface area contributed by atoms with E-state index in [2.05, 4.69) is 0 Å². The second-order valence-electron chi connectivity index (χ2n) is 5.93. The maximum Gasteiger partial charge on any atom is 0.246 e. The molecule has 0 aliphatic carbocycles. The molecular weight excluding hydrogens is 326 g/mol. The largest absolute Gasteiger partial charge is 0.508 e. The van der Waals surface area contributed by atoms with Gasteiger partial charge in [-0.15, -0.1) is 0 Å². The van der Waals surface area contributed by atoms with Crippen LogP contribution in [-0.2, 0) is 10.4 Å². The first-order valence-corrected chi connectivity index (χ1v) is 7.52. The zero-order chi connectivity index (χ0) is 18.2. The smallest absolute Gasteiger partial charge is 0.246 e. The van der Waals surface area contributed by atoms with Gasteiger partial charge in [-0.3, -0.25) is 10.0 Å². The average molecular weight is 343 g/mol. The molecule has 0 fully saturated rings. The Kier molecular flexibility index (Phi) is 4.12. The number of hydroxylamine groups is 1. The second kappa shape index (κ2) is 6.12. The van der Waals surface area contributed by atoms with Gasteiger partial charge in [0.2, 0.25) is 5.91 Å². The number of nitrogens with one attached hydrogen (secondary N) is 1. The number of ether oxygens (including phenoxy) is 1. The number of hydrogen-bond acceptors (Lipinski definition) is 6. The Morgan fingerprint density at radius 3 is 2.64 bits per heavy atom. The van der Waals surface area contributed by atoms with Gasteiger partial charge in [-0.05, 0) is 48.9 Å². The molecule has 1 aliphatic rings. The third-order valence-electron chi connectivity index (χ3n) is 4.06. The quantitative estimate of drug-likeness (QED) is 0.429. The summed E-state index contributed by atoms with van der Waals surface area (Å²) in [5.74, 6) is -0.268. The SMILES string of the molecule is Cc1cc(C2=CC(O)(CC(=O)NO)c3ccc(O)cc3O2)ccc1O. The summed E-state index contributed by atoms with van der Waals surface area (Å²) >= 11 is 0. The number of rotatable bonds is 3. The van der Waals surface area contributed by atoms with E-state index in [0.29, 0.717) is 11.1 Å². The minimum absolute atomic E-state index is 0.0594. The molecule has 130 valence electrons. The first kappa shape index (κ1) is 16.8. The lowest BCUT2D eigenvalue weighted by molar-refractivity contribution is -0.133. The van der Waals surface area contributed by atoms with Crippen LogP contribution in [0, 0.1) is 6.92 Å². The molecule has 1 heterocycles. The fourth-order valence-corrected chi connectivity index (χ4v) is 2.78. The molecule has 1 atom stereocenters. The van der Waals surface area contributed by atoms with E-state index in [4.69, 9.17) is 9.94 Å². The molecule has 1 aliphatic heterocycles. The van der Waals surface area contributed by atoms with Crippen molar-refractivity contribution in [3.05, 3.63) is 59.2 Å². The Bertz CT molecular complexity index is 876. The maximum atomic E-state index is 11.6. The van der Waals surface area contributed by atoms with Gasteiger partial charge < -0.3 is 20.1 Å². The molecule has 0 bridgehead atoms. The minimum atomic E-state index is -1.74. The van der Waals surface area contributed by atoms with Crippen LogP contribution in [0.25, 0.3) is 5.76 Å². The Labute approximate surface area is 143 Å². The van der Waals surface area contributed by atoms with Crippen LogP contribution in [0.5, 0.6) is 17.2 Å². The summed E-state index contributed by atoms with van der Waals surface area (Å²) in [4.78, 5) is 11.6. The van der Waals surface area contributed by atoms with Crippen molar-refractivity contribution in [3.8, 4) is 17.2 Å². The topological polar surface area (TPSA) is 119 Å². The predicted octanol–water partition coefficient (Wildman–Crippen LogP) is 1.92. The van der Waals surface area contributed by atoms with E-state index in [0.717, 1.165) is 0 Å². The van der Waals surface area contributed by atoms with Crippen molar-refractivity contribution >= 4 is 11.7 Å². The van der Waals surface area contributed by atoms with Gasteiger partial charge in [0.25, 0.3) is 0 Å². The fourth-order valence-electron chi connectivity index (χ4n) is 2.78. The van der Waals surface area contributed by atoms with Crippen molar-refractivity contribution in [2.75, 3.05) is 0 Å². The summed E-state index contributed by atoms with van der Waals surface area (Å²) in [5.41, 5.74) is 1.23. The molecule has 0 radical (unpaired) electrons. The molecule has 0 spiro atoms. The van der Waals surface area contributed by atoms with Crippen LogP contribution in [0.2, 0.25) is 0 Å². The first-order valence-electron chi connectivity index (χ1n) is 7.52. The van der Waals surface area contributed by atoms with E-state index in [1.54, 1.807) is 19.1 Å². The van der Waals surface area contributed by atoms with Crippen molar-refractivity contribution < 1.29 is 30.1 Å². The summed E-state index contributed by atoms with van der Waals surface area (Å²) in [6.45, 7) is 1.72. The highest BCUT2D eigenvalue weighted by Gasteiger charge is 2.37. The number of carbonyl (C=O) groups excluding carboxylic acids is 1. The molecule has 3 rings (SSSR count). The van der Waals surface area contributed by atoms with Crippen molar-refractivity contribution in [1.82, 2.24) is 5.48 Å². The number of carbonyl (C=O) groups is 1. The Balaban J connectivity index is 2.12. The summed E-state index contributed by atoms with van der Waals surface area (Å²) < 4.78 is 5.77. The monoisotopic (exact) mass is 343 g/mol. The van der Waals surface area contributed by atoms with Crippen molar-refractivity contribution in [3.63, 3.8) is 0 Å². The summed E-state index contributed by atoms with van der Waals surface area (Å²) in [5, 5.41) is 39.2. The van der Waals surface area contributed by atoms with E-state index in [-0.39, 0.29) is 28.6 Å². The molecule has 7 nitrogen and oxygen atoms in total. The number of fused-ring (bicyclic) bond motifs is 1. The van der Waals surface area contributed by atoms with Crippen molar-refractivity contribution in [2.24, 2.45) is 0 Å². The maximum absolute atomic E-state index is 11.6. The molecule has 2 aromatic rings. The molecule has 0 saturated carbocycles. The van der Waals surface area contributed by atoms with Gasteiger partial charge in [-0.2, -0.15) is 0 Å². The zero-order valence-electron chi connectivity index (χ0n) is 13.4. The molecule has 2 aromatic carbocycles. The number of aromatic hydroxyl groups is 2. The molecular formula is C18H17NO6. The minimum Gasteiger partial charge on any atom is -0.508 e. The van der Waals surface area contributed by atoms with Gasteiger partial charge in [-0.1, -0.05) is 0 Å². The van der Waals surface area contributed by atoms with Gasteiger partial charge in [0, 0.05) is 17.2 Å². The summed E-state index contributed by atoms with van der Waals surface area (Å²) in [7, 11) is 0. The van der Waals surface area contributed by atoms with E-state index in [9.17, 15) is 20.1 Å². The number of aliphatic hydroxyl groups is 1. The normalized spacial score (nSPS) is 18.8. The number of hydrogen-bond donors (Lipinski definition) is 5. The number of phenolic OH excluding ortho intramolecular Hbond substituents is 2. The zero-order valence-corrected chi connectivity index (χ0v) is 13.4. The van der Waals surface area contributed by atoms with Crippen LogP contribution in [0.1, 0.15) is 23.1 Å². The number of phenols is 2. The molecule has 7 heteroatoms. The van der Waals surface area contributed by atoms with E-state index >= 15 is 0 Å². The van der Waals surface area contributed by atoms with Gasteiger partial charge in [0.05, 0.1) is 6.42 Å². The average Bonchev–Trinajstić information content (AvgIpc) is 2.56. The van der Waals surface area contributed by atoms with Crippen LogP contribution < -0.4 is 10.2 Å². The molecule has 0 aromatic heterocycles. The predicted molar refractivity (Wildman–Crippen MR) is 88.0 cm³/mol. The lowest BCUT2D eigenvalue weighted by atomic mass is 9.86. The molecule has 0 saturated heterocycles. The van der Waals surface area contributed by atoms with E-state index in [1.807, 2.05) is 0 Å². The molecule has 25 heavy (non-hydrogen) atoms. The molecule has 1 amide bonds. The van der Waals surface area contributed by atoms with Crippen LogP contribution in [0.3, 0.4) is 0 Å². The standard InChI is InChI=1S/C18H17NO6/c1-10-6-11(2-5-14(10)21)16-8-18(23,9-17(22)19-24)13-4-3-12(20)7-15(13)25-16/h2-8,20-21,23-24H,9H2,1H3,(H,19,22). The molecule has 1 unspecified atom stereocenters.